The summed E-state index contributed by atoms with van der Waals surface area (Å²) in [6.45, 7) is 0.945. The maximum atomic E-state index is 13.2. The molecule has 12 heteroatoms. The SMILES string of the molecule is CN(C)CCC(CNC(=O)c1cccc(-c2noc(C(F)(F)F)n2)c1)c1coc(-c2ccc(F)cc2)n1. The first-order chi connectivity index (χ1) is 17.6. The molecule has 194 valence electrons. The third-order valence-electron chi connectivity index (χ3n) is 5.52. The van der Waals surface area contributed by atoms with Crippen LogP contribution in [0.3, 0.4) is 0 Å². The molecule has 1 unspecified atom stereocenters. The van der Waals surface area contributed by atoms with Gasteiger partial charge in [-0.3, -0.25) is 4.79 Å². The molecule has 4 aromatic rings. The van der Waals surface area contributed by atoms with Crippen molar-refractivity contribution in [1.82, 2.24) is 25.3 Å². The van der Waals surface area contributed by atoms with Crippen molar-refractivity contribution in [3.63, 3.8) is 0 Å². The average Bonchev–Trinajstić information content (AvgIpc) is 3.55. The summed E-state index contributed by atoms with van der Waals surface area (Å²) >= 11 is 0. The van der Waals surface area contributed by atoms with Crippen molar-refractivity contribution in [2.24, 2.45) is 0 Å². The molecule has 1 N–H and O–H groups in total. The van der Waals surface area contributed by atoms with E-state index in [1.165, 1.54) is 42.7 Å². The Morgan fingerprint density at radius 1 is 1.08 bits per heavy atom. The van der Waals surface area contributed by atoms with Crippen molar-refractivity contribution in [3.8, 4) is 22.8 Å². The first-order valence-corrected chi connectivity index (χ1v) is 11.3. The smallest absolute Gasteiger partial charge is 0.444 e. The standard InChI is InChI=1S/C25H23F4N5O3/c1-34(2)11-10-18(20-14-36-23(31-20)15-6-8-19(26)9-7-15)13-30-22(35)17-5-3-4-16(12-17)21-32-24(37-33-21)25(27,28)29/h3-9,12,14,18H,10-11,13H2,1-2H3,(H,30,35). The summed E-state index contributed by atoms with van der Waals surface area (Å²) in [6, 6.07) is 11.7. The Morgan fingerprint density at radius 2 is 1.84 bits per heavy atom. The molecule has 0 aliphatic carbocycles. The second kappa shape index (κ2) is 10.9. The topological polar surface area (TPSA) is 97.3 Å². The molecule has 0 bridgehead atoms. The Labute approximate surface area is 209 Å². The highest BCUT2D eigenvalue weighted by Gasteiger charge is 2.38. The van der Waals surface area contributed by atoms with Gasteiger partial charge in [-0.05, 0) is 63.5 Å². The summed E-state index contributed by atoms with van der Waals surface area (Å²) in [4.78, 5) is 22.8. The van der Waals surface area contributed by atoms with Crippen molar-refractivity contribution < 1.29 is 31.3 Å². The van der Waals surface area contributed by atoms with Crippen LogP contribution in [0.5, 0.6) is 0 Å². The van der Waals surface area contributed by atoms with E-state index in [4.69, 9.17) is 4.42 Å². The average molecular weight is 517 g/mol. The zero-order valence-corrected chi connectivity index (χ0v) is 19.9. The molecule has 0 aliphatic rings. The predicted octanol–water partition coefficient (Wildman–Crippen LogP) is 5.01. The zero-order chi connectivity index (χ0) is 26.6. The summed E-state index contributed by atoms with van der Waals surface area (Å²) in [5, 5.41) is 6.21. The number of oxazole rings is 1. The first-order valence-electron chi connectivity index (χ1n) is 11.3. The zero-order valence-electron chi connectivity index (χ0n) is 19.9. The van der Waals surface area contributed by atoms with E-state index >= 15 is 0 Å². The van der Waals surface area contributed by atoms with Gasteiger partial charge in [0.15, 0.2) is 0 Å². The molecular weight excluding hydrogens is 494 g/mol. The van der Waals surface area contributed by atoms with Gasteiger partial charge < -0.3 is 19.2 Å². The van der Waals surface area contributed by atoms with Crippen LogP contribution in [0, 0.1) is 5.82 Å². The van der Waals surface area contributed by atoms with Gasteiger partial charge in [-0.15, -0.1) is 0 Å². The number of carbonyl (C=O) groups excluding carboxylic acids is 1. The molecule has 2 aromatic heterocycles. The molecule has 0 saturated heterocycles. The van der Waals surface area contributed by atoms with Gasteiger partial charge >= 0.3 is 12.1 Å². The normalized spacial score (nSPS) is 12.6. The van der Waals surface area contributed by atoms with E-state index in [0.717, 1.165) is 0 Å². The second-order valence-corrected chi connectivity index (χ2v) is 8.59. The summed E-state index contributed by atoms with van der Waals surface area (Å²) in [5.41, 5.74) is 1.67. The Hall–Kier alpha value is -4.06. The van der Waals surface area contributed by atoms with Gasteiger partial charge in [0.2, 0.25) is 11.7 Å². The van der Waals surface area contributed by atoms with Crippen LogP contribution in [-0.2, 0) is 6.18 Å². The number of nitrogens with one attached hydrogen (secondary N) is 1. The molecule has 0 saturated carbocycles. The Morgan fingerprint density at radius 3 is 2.51 bits per heavy atom. The van der Waals surface area contributed by atoms with Crippen molar-refractivity contribution in [1.29, 1.82) is 0 Å². The van der Waals surface area contributed by atoms with E-state index in [1.807, 2.05) is 19.0 Å². The van der Waals surface area contributed by atoms with Crippen LogP contribution in [0.2, 0.25) is 0 Å². The van der Waals surface area contributed by atoms with Crippen molar-refractivity contribution in [3.05, 3.63) is 77.8 Å². The van der Waals surface area contributed by atoms with E-state index in [1.54, 1.807) is 12.1 Å². The van der Waals surface area contributed by atoms with Gasteiger partial charge in [0.25, 0.3) is 5.91 Å². The highest BCUT2D eigenvalue weighted by atomic mass is 19.4. The lowest BCUT2D eigenvalue weighted by Gasteiger charge is -2.18. The van der Waals surface area contributed by atoms with E-state index in [2.05, 4.69) is 25.0 Å². The van der Waals surface area contributed by atoms with Gasteiger partial charge in [0, 0.05) is 29.2 Å². The molecule has 1 atom stereocenters. The summed E-state index contributed by atoms with van der Waals surface area (Å²) in [6.07, 6.45) is -2.59. The number of amides is 1. The van der Waals surface area contributed by atoms with E-state index in [9.17, 15) is 22.4 Å². The van der Waals surface area contributed by atoms with E-state index in [-0.39, 0.29) is 35.2 Å². The summed E-state index contributed by atoms with van der Waals surface area (Å²) < 4.78 is 61.4. The number of halogens is 4. The largest absolute Gasteiger partial charge is 0.471 e. The number of benzene rings is 2. The first kappa shape index (κ1) is 26.0. The van der Waals surface area contributed by atoms with Crippen LogP contribution in [0.1, 0.15) is 34.3 Å². The van der Waals surface area contributed by atoms with Gasteiger partial charge in [0.1, 0.15) is 12.1 Å². The lowest BCUT2D eigenvalue weighted by molar-refractivity contribution is -0.159. The number of carbonyl (C=O) groups is 1. The third kappa shape index (κ3) is 6.58. The maximum Gasteiger partial charge on any atom is 0.471 e. The van der Waals surface area contributed by atoms with Crippen LogP contribution < -0.4 is 5.32 Å². The molecule has 0 spiro atoms. The molecular formula is C25H23F4N5O3. The number of hydrogen-bond donors (Lipinski definition) is 1. The molecule has 2 heterocycles. The van der Waals surface area contributed by atoms with Gasteiger partial charge in [-0.2, -0.15) is 18.2 Å². The lowest BCUT2D eigenvalue weighted by Crippen LogP contribution is -2.30. The molecule has 0 aliphatic heterocycles. The molecule has 1 amide bonds. The van der Waals surface area contributed by atoms with Crippen LogP contribution in [0.25, 0.3) is 22.8 Å². The van der Waals surface area contributed by atoms with Gasteiger partial charge in [-0.1, -0.05) is 17.3 Å². The minimum atomic E-state index is -4.76. The molecule has 2 aromatic carbocycles. The minimum absolute atomic E-state index is 0.195. The molecule has 0 fully saturated rings. The summed E-state index contributed by atoms with van der Waals surface area (Å²) in [7, 11) is 3.85. The number of aromatic nitrogens is 3. The molecule has 4 rings (SSSR count). The Kier molecular flexibility index (Phi) is 7.67. The van der Waals surface area contributed by atoms with E-state index in [0.29, 0.717) is 30.1 Å². The molecule has 8 nitrogen and oxygen atoms in total. The second-order valence-electron chi connectivity index (χ2n) is 8.59. The monoisotopic (exact) mass is 517 g/mol. The van der Waals surface area contributed by atoms with Crippen molar-refractivity contribution in [2.75, 3.05) is 27.2 Å². The highest BCUT2D eigenvalue weighted by Crippen LogP contribution is 2.29. The maximum absolute atomic E-state index is 13.2. The third-order valence-corrected chi connectivity index (χ3v) is 5.52. The van der Waals surface area contributed by atoms with Crippen molar-refractivity contribution in [2.45, 2.75) is 18.5 Å². The Balaban J connectivity index is 1.47. The molecule has 37 heavy (non-hydrogen) atoms. The lowest BCUT2D eigenvalue weighted by atomic mass is 10.0. The number of nitrogens with zero attached hydrogens (tertiary/aromatic N) is 4. The fourth-order valence-electron chi connectivity index (χ4n) is 3.54. The van der Waals surface area contributed by atoms with Crippen LogP contribution in [-0.4, -0.2) is 53.1 Å². The number of alkyl halides is 3. The quantitative estimate of drug-likeness (QED) is 0.312. The van der Waals surface area contributed by atoms with Crippen LogP contribution in [0.15, 0.2) is 63.7 Å². The Bertz CT molecular complexity index is 1350. The fraction of sp³-hybridized carbons (Fsp3) is 0.280. The number of rotatable bonds is 9. The minimum Gasteiger partial charge on any atom is -0.444 e. The van der Waals surface area contributed by atoms with Gasteiger partial charge in [0.05, 0.1) is 5.69 Å². The number of hydrogen-bond acceptors (Lipinski definition) is 7. The van der Waals surface area contributed by atoms with Crippen molar-refractivity contribution >= 4 is 5.91 Å². The summed E-state index contributed by atoms with van der Waals surface area (Å²) in [5.74, 6) is -2.40. The fourth-order valence-corrected chi connectivity index (χ4v) is 3.54. The highest BCUT2D eigenvalue weighted by molar-refractivity contribution is 5.95. The van der Waals surface area contributed by atoms with Gasteiger partial charge in [-0.25, -0.2) is 9.37 Å². The van der Waals surface area contributed by atoms with Crippen LogP contribution in [0.4, 0.5) is 17.6 Å². The van der Waals surface area contributed by atoms with E-state index < -0.39 is 18.0 Å². The predicted molar refractivity (Wildman–Crippen MR) is 125 cm³/mol. The van der Waals surface area contributed by atoms with Crippen LogP contribution >= 0.6 is 0 Å². The molecule has 0 radical (unpaired) electrons.